The fraction of sp³-hybridized carbons (Fsp3) is 0.500. The lowest BCUT2D eigenvalue weighted by Gasteiger charge is -2.16. The van der Waals surface area contributed by atoms with Gasteiger partial charge in [-0.3, -0.25) is 9.48 Å². The Kier molecular flexibility index (Phi) is 4.37. The van der Waals surface area contributed by atoms with E-state index in [-0.39, 0.29) is 11.4 Å². The van der Waals surface area contributed by atoms with Crippen LogP contribution in [-0.2, 0) is 24.1 Å². The van der Waals surface area contributed by atoms with Crippen molar-refractivity contribution in [3.05, 3.63) is 28.9 Å². The van der Waals surface area contributed by atoms with E-state index in [1.54, 1.807) is 10.9 Å². The Morgan fingerprint density at radius 2 is 2.25 bits per heavy atom. The van der Waals surface area contributed by atoms with Gasteiger partial charge in [0, 0.05) is 24.7 Å². The summed E-state index contributed by atoms with van der Waals surface area (Å²) in [6.07, 6.45) is 4.18. The van der Waals surface area contributed by atoms with Gasteiger partial charge in [0.25, 0.3) is 5.91 Å². The molecule has 3 rings (SSSR count). The number of carbonyl (C=O) groups is 2. The summed E-state index contributed by atoms with van der Waals surface area (Å²) < 4.78 is 11.6. The Morgan fingerprint density at radius 1 is 1.46 bits per heavy atom. The summed E-state index contributed by atoms with van der Waals surface area (Å²) in [5, 5.41) is 10.7. The molecule has 0 aliphatic heterocycles. The summed E-state index contributed by atoms with van der Waals surface area (Å²) in [5.74, 6) is 0.246. The molecule has 0 fully saturated rings. The molecule has 0 radical (unpaired) electrons. The van der Waals surface area contributed by atoms with E-state index in [1.165, 1.54) is 7.11 Å². The molecule has 24 heavy (non-hydrogen) atoms. The van der Waals surface area contributed by atoms with Crippen LogP contribution in [0, 0.1) is 5.92 Å². The van der Waals surface area contributed by atoms with Gasteiger partial charge in [-0.05, 0) is 25.7 Å². The highest BCUT2D eigenvalue weighted by Gasteiger charge is 2.28. The van der Waals surface area contributed by atoms with Crippen molar-refractivity contribution in [2.75, 3.05) is 12.4 Å². The molecule has 0 bridgehead atoms. The number of anilines is 1. The number of rotatable bonds is 4. The van der Waals surface area contributed by atoms with Crippen LogP contribution in [0.1, 0.15) is 52.6 Å². The molecule has 2 aromatic rings. The summed E-state index contributed by atoms with van der Waals surface area (Å²) in [6.45, 7) is 4.59. The Hall–Kier alpha value is -2.64. The minimum absolute atomic E-state index is 0.0680. The first kappa shape index (κ1) is 16.2. The third-order valence-electron chi connectivity index (χ3n) is 4.21. The zero-order valence-electron chi connectivity index (χ0n) is 14.0. The fourth-order valence-electron chi connectivity index (χ4n) is 2.86. The highest BCUT2D eigenvalue weighted by molar-refractivity contribution is 6.07. The molecule has 2 aromatic heterocycles. The minimum atomic E-state index is -0.603. The lowest BCUT2D eigenvalue weighted by molar-refractivity contribution is 0.0594. The van der Waals surface area contributed by atoms with Crippen molar-refractivity contribution in [3.63, 3.8) is 0 Å². The van der Waals surface area contributed by atoms with E-state index in [9.17, 15) is 9.59 Å². The number of methoxy groups -OCH3 is 1. The number of nitrogens with one attached hydrogen (secondary N) is 1. The number of carbonyl (C=O) groups excluding carboxylic acids is 2. The molecule has 1 aliphatic rings. The van der Waals surface area contributed by atoms with Crippen LogP contribution in [0.25, 0.3) is 0 Å². The zero-order chi connectivity index (χ0) is 17.3. The molecule has 8 heteroatoms. The first-order chi connectivity index (χ1) is 11.5. The van der Waals surface area contributed by atoms with Crippen molar-refractivity contribution in [2.45, 2.75) is 39.7 Å². The smallest absolute Gasteiger partial charge is 0.360 e. The molecule has 0 saturated heterocycles. The van der Waals surface area contributed by atoms with Crippen molar-refractivity contribution < 1.29 is 18.8 Å². The lowest BCUT2D eigenvalue weighted by atomic mass is 9.88. The average Bonchev–Trinajstić information content (AvgIpc) is 3.17. The van der Waals surface area contributed by atoms with Crippen LogP contribution < -0.4 is 5.32 Å². The van der Waals surface area contributed by atoms with Crippen molar-refractivity contribution >= 4 is 17.6 Å². The van der Waals surface area contributed by atoms with Crippen LogP contribution in [-0.4, -0.2) is 33.9 Å². The monoisotopic (exact) mass is 332 g/mol. The first-order valence-corrected chi connectivity index (χ1v) is 7.98. The average molecular weight is 332 g/mol. The molecule has 8 nitrogen and oxygen atoms in total. The first-order valence-electron chi connectivity index (χ1n) is 7.98. The number of amides is 1. The number of ether oxygens (including phenoxy) is 1. The van der Waals surface area contributed by atoms with Gasteiger partial charge in [-0.15, -0.1) is 0 Å². The molecule has 1 unspecified atom stereocenters. The van der Waals surface area contributed by atoms with Gasteiger partial charge in [-0.1, -0.05) is 12.1 Å². The molecule has 0 aromatic carbocycles. The molecular formula is C16H20N4O4. The van der Waals surface area contributed by atoms with Crippen LogP contribution in [0.4, 0.5) is 5.69 Å². The van der Waals surface area contributed by atoms with E-state index in [4.69, 9.17) is 9.26 Å². The third kappa shape index (κ3) is 2.91. The number of aromatic nitrogens is 3. The molecule has 1 N–H and O–H groups in total. The summed E-state index contributed by atoms with van der Waals surface area (Å²) in [5.41, 5.74) is 1.50. The van der Waals surface area contributed by atoms with Crippen molar-refractivity contribution in [1.29, 1.82) is 0 Å². The van der Waals surface area contributed by atoms with E-state index < -0.39 is 11.9 Å². The van der Waals surface area contributed by atoms with Crippen molar-refractivity contribution in [2.24, 2.45) is 5.92 Å². The van der Waals surface area contributed by atoms with E-state index in [1.807, 2.05) is 6.92 Å². The van der Waals surface area contributed by atoms with Crippen LogP contribution in [0.5, 0.6) is 0 Å². The summed E-state index contributed by atoms with van der Waals surface area (Å²) in [6, 6.07) is 0. The number of esters is 1. The van der Waals surface area contributed by atoms with Gasteiger partial charge < -0.3 is 14.6 Å². The molecule has 128 valence electrons. The van der Waals surface area contributed by atoms with E-state index in [0.717, 1.165) is 30.6 Å². The van der Waals surface area contributed by atoms with Crippen molar-refractivity contribution in [3.8, 4) is 0 Å². The normalized spacial score (nSPS) is 16.5. The van der Waals surface area contributed by atoms with Gasteiger partial charge in [-0.25, -0.2) is 4.79 Å². The Morgan fingerprint density at radius 3 is 2.96 bits per heavy atom. The van der Waals surface area contributed by atoms with Crippen LogP contribution in [0.2, 0.25) is 0 Å². The second-order valence-corrected chi connectivity index (χ2v) is 5.97. The zero-order valence-corrected chi connectivity index (χ0v) is 14.0. The number of fused-ring (bicyclic) bond motifs is 1. The van der Waals surface area contributed by atoms with Crippen LogP contribution in [0.3, 0.4) is 0 Å². The Labute approximate surface area is 139 Å². The maximum absolute atomic E-state index is 12.6. The van der Waals surface area contributed by atoms with Gasteiger partial charge in [0.1, 0.15) is 5.76 Å². The van der Waals surface area contributed by atoms with E-state index >= 15 is 0 Å². The third-order valence-corrected chi connectivity index (χ3v) is 4.21. The summed E-state index contributed by atoms with van der Waals surface area (Å²) >= 11 is 0. The number of hydrogen-bond acceptors (Lipinski definition) is 6. The summed E-state index contributed by atoms with van der Waals surface area (Å²) in [4.78, 5) is 24.4. The number of aryl methyl sites for hydroxylation is 2. The quantitative estimate of drug-likeness (QED) is 0.860. The van der Waals surface area contributed by atoms with E-state index in [2.05, 4.69) is 22.5 Å². The SMILES string of the molecule is CCn1cc(NC(=O)c2noc3c2CC(C)CC3)c(C(=O)OC)n1. The molecule has 1 amide bonds. The molecule has 1 aliphatic carbocycles. The van der Waals surface area contributed by atoms with Gasteiger partial charge in [-0.2, -0.15) is 5.10 Å². The Balaban J connectivity index is 1.87. The van der Waals surface area contributed by atoms with Gasteiger partial charge in [0.15, 0.2) is 11.4 Å². The largest absolute Gasteiger partial charge is 0.464 e. The molecule has 0 saturated carbocycles. The predicted molar refractivity (Wildman–Crippen MR) is 84.9 cm³/mol. The standard InChI is InChI=1S/C16H20N4O4/c1-4-20-8-11(14(18-20)16(22)23-3)17-15(21)13-10-7-9(2)5-6-12(10)24-19-13/h8-9H,4-7H2,1-3H3,(H,17,21). The second kappa shape index (κ2) is 6.46. The van der Waals surface area contributed by atoms with Crippen LogP contribution in [0.15, 0.2) is 10.7 Å². The van der Waals surface area contributed by atoms with Gasteiger partial charge >= 0.3 is 5.97 Å². The fourth-order valence-corrected chi connectivity index (χ4v) is 2.86. The van der Waals surface area contributed by atoms with Gasteiger partial charge in [0.2, 0.25) is 0 Å². The Bertz CT molecular complexity index is 777. The maximum Gasteiger partial charge on any atom is 0.360 e. The second-order valence-electron chi connectivity index (χ2n) is 5.97. The maximum atomic E-state index is 12.6. The topological polar surface area (TPSA) is 99.2 Å². The minimum Gasteiger partial charge on any atom is -0.464 e. The molecule has 0 spiro atoms. The highest BCUT2D eigenvalue weighted by atomic mass is 16.5. The number of nitrogens with zero attached hydrogens (tertiary/aromatic N) is 3. The summed E-state index contributed by atoms with van der Waals surface area (Å²) in [7, 11) is 1.27. The predicted octanol–water partition coefficient (Wildman–Crippen LogP) is 2.05. The highest BCUT2D eigenvalue weighted by Crippen LogP contribution is 2.28. The van der Waals surface area contributed by atoms with Crippen molar-refractivity contribution in [1.82, 2.24) is 14.9 Å². The van der Waals surface area contributed by atoms with Crippen LogP contribution >= 0.6 is 0 Å². The molecule has 2 heterocycles. The number of hydrogen-bond donors (Lipinski definition) is 1. The molecular weight excluding hydrogens is 312 g/mol. The lowest BCUT2D eigenvalue weighted by Crippen LogP contribution is -2.19. The molecule has 1 atom stereocenters. The van der Waals surface area contributed by atoms with E-state index in [0.29, 0.717) is 18.2 Å². The van der Waals surface area contributed by atoms with Gasteiger partial charge in [0.05, 0.1) is 12.8 Å².